The predicted molar refractivity (Wildman–Crippen MR) is 78.4 cm³/mol. The van der Waals surface area contributed by atoms with Gasteiger partial charge in [-0.25, -0.2) is 0 Å². The van der Waals surface area contributed by atoms with E-state index in [0.29, 0.717) is 18.6 Å². The Hall–Kier alpha value is -0.860. The molecule has 0 bridgehead atoms. The molecule has 2 fully saturated rings. The van der Waals surface area contributed by atoms with Gasteiger partial charge in [0.2, 0.25) is 0 Å². The highest BCUT2D eigenvalue weighted by Crippen LogP contribution is 2.30. The predicted octanol–water partition coefficient (Wildman–Crippen LogP) is 4.18. The number of hydrogen-bond acceptors (Lipinski definition) is 3. The number of rotatable bonds is 0. The summed E-state index contributed by atoms with van der Waals surface area (Å²) in [6, 6.07) is 0. The van der Waals surface area contributed by atoms with E-state index >= 15 is 0 Å². The Bertz CT molecular complexity index is 292. The van der Waals surface area contributed by atoms with Gasteiger partial charge >= 0.3 is 5.97 Å². The molecule has 0 aromatic rings. The highest BCUT2D eigenvalue weighted by atomic mass is 16.5. The minimum atomic E-state index is -0.0496. The molecule has 0 radical (unpaired) electrons. The van der Waals surface area contributed by atoms with Crippen molar-refractivity contribution in [3.63, 3.8) is 0 Å². The van der Waals surface area contributed by atoms with Gasteiger partial charge in [-0.05, 0) is 32.1 Å². The maximum atomic E-state index is 12.0. The molecular weight excluding hydrogens is 252 g/mol. The van der Waals surface area contributed by atoms with E-state index in [4.69, 9.17) is 4.74 Å². The van der Waals surface area contributed by atoms with Gasteiger partial charge in [0.05, 0.1) is 0 Å². The van der Waals surface area contributed by atoms with Gasteiger partial charge < -0.3 is 4.74 Å². The molecule has 0 unspecified atom stereocenters. The smallest absolute Gasteiger partial charge is 0.306 e. The lowest BCUT2D eigenvalue weighted by Crippen LogP contribution is -2.31. The van der Waals surface area contributed by atoms with Crippen molar-refractivity contribution in [2.24, 2.45) is 5.92 Å². The highest BCUT2D eigenvalue weighted by molar-refractivity contribution is 5.78. The third kappa shape index (κ3) is 5.26. The van der Waals surface area contributed by atoms with Gasteiger partial charge in [0.25, 0.3) is 0 Å². The quantitative estimate of drug-likeness (QED) is 0.625. The summed E-state index contributed by atoms with van der Waals surface area (Å²) < 4.78 is 5.66. The molecule has 2 rings (SSSR count). The summed E-state index contributed by atoms with van der Waals surface area (Å²) in [5, 5.41) is 0. The molecule has 2 aliphatic rings. The van der Waals surface area contributed by atoms with Crippen LogP contribution in [0.1, 0.15) is 83.5 Å². The zero-order chi connectivity index (χ0) is 14.2. The third-order valence-electron chi connectivity index (χ3n) is 4.70. The van der Waals surface area contributed by atoms with Crippen molar-refractivity contribution >= 4 is 11.8 Å². The van der Waals surface area contributed by atoms with Crippen molar-refractivity contribution in [2.75, 3.05) is 0 Å². The largest absolute Gasteiger partial charge is 0.462 e. The zero-order valence-electron chi connectivity index (χ0n) is 12.6. The molecule has 3 nitrogen and oxygen atoms in total. The Kier molecular flexibility index (Phi) is 6.55. The Labute approximate surface area is 122 Å². The Morgan fingerprint density at radius 2 is 1.40 bits per heavy atom. The van der Waals surface area contributed by atoms with Gasteiger partial charge in [-0.15, -0.1) is 0 Å². The minimum absolute atomic E-state index is 0.00291. The van der Waals surface area contributed by atoms with E-state index in [2.05, 4.69) is 0 Å². The maximum Gasteiger partial charge on any atom is 0.306 e. The van der Waals surface area contributed by atoms with Crippen molar-refractivity contribution < 1.29 is 14.3 Å². The van der Waals surface area contributed by atoms with Gasteiger partial charge in [-0.2, -0.15) is 0 Å². The third-order valence-corrected chi connectivity index (χ3v) is 4.70. The van der Waals surface area contributed by atoms with Crippen LogP contribution in [-0.4, -0.2) is 17.9 Å². The molecule has 1 saturated heterocycles. The fraction of sp³-hybridized carbons (Fsp3) is 0.882. The lowest BCUT2D eigenvalue weighted by molar-refractivity contribution is -0.154. The standard InChI is InChI=1S/C17H28O3/c18-15-10-5-3-1-2-4-6-12-17(19)20-16-11-8-7-9-14(16)13-15/h14,16H,1-13H2/t14-,16-/m0/s1. The summed E-state index contributed by atoms with van der Waals surface area (Å²) in [6.45, 7) is 0. The lowest BCUT2D eigenvalue weighted by Gasteiger charge is -2.31. The Morgan fingerprint density at radius 3 is 2.20 bits per heavy atom. The summed E-state index contributed by atoms with van der Waals surface area (Å²) >= 11 is 0. The maximum absolute atomic E-state index is 12.0. The second kappa shape index (κ2) is 8.43. The molecule has 0 spiro atoms. The van der Waals surface area contributed by atoms with Crippen LogP contribution in [0.25, 0.3) is 0 Å². The average molecular weight is 280 g/mol. The van der Waals surface area contributed by atoms with Crippen LogP contribution in [-0.2, 0) is 14.3 Å². The van der Waals surface area contributed by atoms with Gasteiger partial charge in [0.15, 0.2) is 0 Å². The number of ether oxygens (including phenoxy) is 1. The van der Waals surface area contributed by atoms with Crippen molar-refractivity contribution in [2.45, 2.75) is 89.6 Å². The number of ketones is 1. The molecule has 0 amide bonds. The fourth-order valence-corrected chi connectivity index (χ4v) is 3.48. The monoisotopic (exact) mass is 280 g/mol. The second-order valence-corrected chi connectivity index (χ2v) is 6.44. The molecule has 1 heterocycles. The summed E-state index contributed by atoms with van der Waals surface area (Å²) in [4.78, 5) is 23.9. The first kappa shape index (κ1) is 15.5. The summed E-state index contributed by atoms with van der Waals surface area (Å²) in [7, 11) is 0. The molecule has 1 aliphatic heterocycles. The van der Waals surface area contributed by atoms with Crippen LogP contribution in [0.15, 0.2) is 0 Å². The average Bonchev–Trinajstić information content (AvgIpc) is 2.43. The van der Waals surface area contributed by atoms with E-state index in [9.17, 15) is 9.59 Å². The normalized spacial score (nSPS) is 31.0. The molecule has 0 N–H and O–H groups in total. The van der Waals surface area contributed by atoms with Crippen LogP contribution in [0, 0.1) is 5.92 Å². The summed E-state index contributed by atoms with van der Waals surface area (Å²) in [5.74, 6) is 0.601. The van der Waals surface area contributed by atoms with Gasteiger partial charge in [-0.3, -0.25) is 9.59 Å². The van der Waals surface area contributed by atoms with E-state index < -0.39 is 0 Å². The lowest BCUT2D eigenvalue weighted by atomic mass is 9.82. The zero-order valence-corrected chi connectivity index (χ0v) is 12.6. The molecule has 0 aromatic carbocycles. The van der Waals surface area contributed by atoms with Crippen LogP contribution < -0.4 is 0 Å². The molecule has 2 atom stereocenters. The van der Waals surface area contributed by atoms with Crippen LogP contribution in [0.2, 0.25) is 0 Å². The van der Waals surface area contributed by atoms with Gasteiger partial charge in [-0.1, -0.05) is 32.1 Å². The van der Waals surface area contributed by atoms with Crippen molar-refractivity contribution in [3.8, 4) is 0 Å². The first-order valence-corrected chi connectivity index (χ1v) is 8.47. The van der Waals surface area contributed by atoms with E-state index in [1.165, 1.54) is 19.3 Å². The van der Waals surface area contributed by atoms with Crippen LogP contribution in [0.5, 0.6) is 0 Å². The number of esters is 1. The van der Waals surface area contributed by atoms with Crippen molar-refractivity contribution in [1.82, 2.24) is 0 Å². The van der Waals surface area contributed by atoms with Crippen LogP contribution >= 0.6 is 0 Å². The fourth-order valence-electron chi connectivity index (χ4n) is 3.48. The summed E-state index contributed by atoms with van der Waals surface area (Å²) in [6.07, 6.45) is 12.8. The van der Waals surface area contributed by atoms with Crippen LogP contribution in [0.4, 0.5) is 0 Å². The molecule has 0 aromatic heterocycles. The van der Waals surface area contributed by atoms with Crippen molar-refractivity contribution in [3.05, 3.63) is 0 Å². The van der Waals surface area contributed by atoms with Gasteiger partial charge in [0.1, 0.15) is 11.9 Å². The molecule has 114 valence electrons. The van der Waals surface area contributed by atoms with E-state index in [0.717, 1.165) is 51.4 Å². The molecule has 20 heavy (non-hydrogen) atoms. The number of hydrogen-bond donors (Lipinski definition) is 0. The Morgan fingerprint density at radius 1 is 0.750 bits per heavy atom. The molecule has 1 aliphatic carbocycles. The van der Waals surface area contributed by atoms with E-state index in [1.54, 1.807) is 0 Å². The topological polar surface area (TPSA) is 43.4 Å². The van der Waals surface area contributed by atoms with Crippen LogP contribution in [0.3, 0.4) is 0 Å². The van der Waals surface area contributed by atoms with E-state index in [-0.39, 0.29) is 18.0 Å². The number of carbonyl (C=O) groups excluding carboxylic acids is 2. The number of carbonyl (C=O) groups is 2. The SMILES string of the molecule is O=C1CCCCCCCCC(=O)O[C@H]2CCCC[C@H]2C1. The first-order valence-electron chi connectivity index (χ1n) is 8.47. The summed E-state index contributed by atoms with van der Waals surface area (Å²) in [5.41, 5.74) is 0. The highest BCUT2D eigenvalue weighted by Gasteiger charge is 2.29. The van der Waals surface area contributed by atoms with E-state index in [1.807, 2.05) is 0 Å². The Balaban J connectivity index is 1.92. The number of Topliss-reactive ketones (excluding diaryl/α,β-unsaturated/α-hetero) is 1. The first-order chi connectivity index (χ1) is 9.75. The van der Waals surface area contributed by atoms with Gasteiger partial charge in [0, 0.05) is 25.2 Å². The molecule has 3 heteroatoms. The minimum Gasteiger partial charge on any atom is -0.462 e. The second-order valence-electron chi connectivity index (χ2n) is 6.44. The van der Waals surface area contributed by atoms with Crippen molar-refractivity contribution in [1.29, 1.82) is 0 Å². The molecule has 1 saturated carbocycles. The number of fused-ring (bicyclic) bond motifs is 1. The molecular formula is C17H28O3.